The third kappa shape index (κ3) is 2.02. The van der Waals surface area contributed by atoms with Gasteiger partial charge in [0.05, 0.1) is 0 Å². The van der Waals surface area contributed by atoms with Crippen LogP contribution < -0.4 is 10.9 Å². The molecule has 1 aromatic carbocycles. The highest BCUT2D eigenvalue weighted by Gasteiger charge is 2.14. The monoisotopic (exact) mass is 252 g/mol. The molecule has 72 valence electrons. The van der Waals surface area contributed by atoms with Gasteiger partial charge in [-0.15, -0.1) is 0 Å². The van der Waals surface area contributed by atoms with E-state index in [4.69, 9.17) is 0 Å². The highest BCUT2D eigenvalue weighted by atomic mass is 79.9. The van der Waals surface area contributed by atoms with E-state index in [1.807, 2.05) is 30.3 Å². The van der Waals surface area contributed by atoms with Gasteiger partial charge < -0.3 is 0 Å². The van der Waals surface area contributed by atoms with Gasteiger partial charge >= 0.3 is 0 Å². The van der Waals surface area contributed by atoms with Crippen molar-refractivity contribution in [2.24, 2.45) is 0 Å². The summed E-state index contributed by atoms with van der Waals surface area (Å²) in [4.78, 5) is 11.2. The standard InChI is InChI=1S/C10H9BrN2O/c11-9-3-1-7(2-4-9)5-8-6-12-13-10(8)14/h1-5,12H,6H2,(H,13,14)/b8-5+. The van der Waals surface area contributed by atoms with Gasteiger partial charge in [-0.05, 0) is 23.8 Å². The molecule has 1 aliphatic heterocycles. The van der Waals surface area contributed by atoms with E-state index in [0.717, 1.165) is 15.6 Å². The van der Waals surface area contributed by atoms with E-state index in [2.05, 4.69) is 26.8 Å². The molecule has 1 saturated heterocycles. The first-order chi connectivity index (χ1) is 6.75. The van der Waals surface area contributed by atoms with Crippen molar-refractivity contribution in [2.45, 2.75) is 0 Å². The van der Waals surface area contributed by atoms with Gasteiger partial charge in [-0.3, -0.25) is 10.2 Å². The third-order valence-electron chi connectivity index (χ3n) is 1.98. The molecule has 1 heterocycles. The number of benzene rings is 1. The second-order valence-electron chi connectivity index (χ2n) is 3.03. The molecule has 14 heavy (non-hydrogen) atoms. The summed E-state index contributed by atoms with van der Waals surface area (Å²) in [7, 11) is 0. The molecule has 1 aromatic rings. The van der Waals surface area contributed by atoms with Crippen molar-refractivity contribution in [3.63, 3.8) is 0 Å². The van der Waals surface area contributed by atoms with E-state index in [1.54, 1.807) is 0 Å². The lowest BCUT2D eigenvalue weighted by molar-refractivity contribution is -0.116. The average Bonchev–Trinajstić information content (AvgIpc) is 2.56. The molecule has 0 unspecified atom stereocenters. The van der Waals surface area contributed by atoms with Crippen molar-refractivity contribution >= 4 is 27.9 Å². The maximum atomic E-state index is 11.2. The average molecular weight is 253 g/mol. The highest BCUT2D eigenvalue weighted by Crippen LogP contribution is 2.13. The predicted molar refractivity (Wildman–Crippen MR) is 58.3 cm³/mol. The lowest BCUT2D eigenvalue weighted by Gasteiger charge is -1.95. The Morgan fingerprint density at radius 1 is 1.29 bits per heavy atom. The van der Waals surface area contributed by atoms with Crippen LogP contribution in [0.2, 0.25) is 0 Å². The number of hydrazine groups is 1. The number of hydrogen-bond acceptors (Lipinski definition) is 2. The molecule has 1 amide bonds. The molecule has 2 rings (SSSR count). The summed E-state index contributed by atoms with van der Waals surface area (Å²) in [5.74, 6) is -0.0482. The largest absolute Gasteiger partial charge is 0.287 e. The Balaban J connectivity index is 2.24. The first-order valence-electron chi connectivity index (χ1n) is 4.25. The SMILES string of the molecule is O=C1NNC/C1=C\c1ccc(Br)cc1. The summed E-state index contributed by atoms with van der Waals surface area (Å²) in [5, 5.41) is 0. The molecule has 0 saturated carbocycles. The minimum atomic E-state index is -0.0482. The van der Waals surface area contributed by atoms with E-state index in [-0.39, 0.29) is 5.91 Å². The number of hydrogen-bond donors (Lipinski definition) is 2. The van der Waals surface area contributed by atoms with Crippen molar-refractivity contribution in [1.29, 1.82) is 0 Å². The van der Waals surface area contributed by atoms with Crippen molar-refractivity contribution in [2.75, 3.05) is 6.54 Å². The third-order valence-corrected chi connectivity index (χ3v) is 2.51. The predicted octanol–water partition coefficient (Wildman–Crippen LogP) is 1.47. The molecule has 1 aliphatic rings. The lowest BCUT2D eigenvalue weighted by Crippen LogP contribution is -2.25. The van der Waals surface area contributed by atoms with Crippen LogP contribution in [0.25, 0.3) is 6.08 Å². The number of carbonyl (C=O) groups is 1. The Morgan fingerprint density at radius 2 is 2.00 bits per heavy atom. The van der Waals surface area contributed by atoms with Gasteiger partial charge in [-0.1, -0.05) is 28.1 Å². The Bertz CT molecular complexity index is 384. The molecular weight excluding hydrogens is 244 g/mol. The van der Waals surface area contributed by atoms with Crippen molar-refractivity contribution in [3.05, 3.63) is 39.9 Å². The van der Waals surface area contributed by atoms with Crippen molar-refractivity contribution < 1.29 is 4.79 Å². The molecule has 0 spiro atoms. The Morgan fingerprint density at radius 3 is 2.57 bits per heavy atom. The summed E-state index contributed by atoms with van der Waals surface area (Å²) in [6.45, 7) is 0.578. The van der Waals surface area contributed by atoms with Crippen LogP contribution in [0.5, 0.6) is 0 Å². The van der Waals surface area contributed by atoms with E-state index in [0.29, 0.717) is 6.54 Å². The van der Waals surface area contributed by atoms with Crippen LogP contribution in [0.15, 0.2) is 34.3 Å². The number of carbonyl (C=O) groups excluding carboxylic acids is 1. The van der Waals surface area contributed by atoms with Crippen LogP contribution in [0.3, 0.4) is 0 Å². The van der Waals surface area contributed by atoms with E-state index < -0.39 is 0 Å². The second kappa shape index (κ2) is 3.94. The number of rotatable bonds is 1. The maximum absolute atomic E-state index is 11.2. The van der Waals surface area contributed by atoms with E-state index in [1.165, 1.54) is 0 Å². The van der Waals surface area contributed by atoms with Gasteiger partial charge in [0.25, 0.3) is 5.91 Å². The first kappa shape index (κ1) is 9.43. The summed E-state index contributed by atoms with van der Waals surface area (Å²) < 4.78 is 1.04. The number of nitrogens with one attached hydrogen (secondary N) is 2. The van der Waals surface area contributed by atoms with Gasteiger partial charge in [-0.25, -0.2) is 5.43 Å². The molecule has 2 N–H and O–H groups in total. The quantitative estimate of drug-likeness (QED) is 0.744. The van der Waals surface area contributed by atoms with E-state index in [9.17, 15) is 4.79 Å². The first-order valence-corrected chi connectivity index (χ1v) is 5.04. The molecular formula is C10H9BrN2O. The van der Waals surface area contributed by atoms with E-state index >= 15 is 0 Å². The van der Waals surface area contributed by atoms with Crippen molar-refractivity contribution in [1.82, 2.24) is 10.9 Å². The second-order valence-corrected chi connectivity index (χ2v) is 3.94. The Labute approximate surface area is 90.3 Å². The minimum absolute atomic E-state index is 0.0482. The molecule has 0 aliphatic carbocycles. The summed E-state index contributed by atoms with van der Waals surface area (Å²) in [6.07, 6.45) is 1.88. The number of amides is 1. The molecule has 3 nitrogen and oxygen atoms in total. The van der Waals surface area contributed by atoms with Crippen molar-refractivity contribution in [3.8, 4) is 0 Å². The van der Waals surface area contributed by atoms with Gasteiger partial charge in [0, 0.05) is 16.6 Å². The summed E-state index contributed by atoms with van der Waals surface area (Å²) >= 11 is 3.36. The Hall–Kier alpha value is -1.13. The molecule has 0 atom stereocenters. The summed E-state index contributed by atoms with van der Waals surface area (Å²) in [5.41, 5.74) is 7.10. The maximum Gasteiger partial charge on any atom is 0.262 e. The number of halogens is 1. The zero-order chi connectivity index (χ0) is 9.97. The van der Waals surface area contributed by atoms with Crippen LogP contribution >= 0.6 is 15.9 Å². The van der Waals surface area contributed by atoms with Crippen LogP contribution in [0.4, 0.5) is 0 Å². The zero-order valence-electron chi connectivity index (χ0n) is 7.38. The van der Waals surface area contributed by atoms with Gasteiger partial charge in [0.2, 0.25) is 0 Å². The summed E-state index contributed by atoms with van der Waals surface area (Å²) in [6, 6.07) is 7.82. The molecule has 0 bridgehead atoms. The zero-order valence-corrected chi connectivity index (χ0v) is 8.97. The van der Waals surface area contributed by atoms with Crippen LogP contribution in [0.1, 0.15) is 5.56 Å². The van der Waals surface area contributed by atoms with Gasteiger partial charge in [0.15, 0.2) is 0 Å². The molecule has 4 heteroatoms. The van der Waals surface area contributed by atoms with Crippen LogP contribution in [-0.2, 0) is 4.79 Å². The van der Waals surface area contributed by atoms with Crippen LogP contribution in [-0.4, -0.2) is 12.5 Å². The van der Waals surface area contributed by atoms with Gasteiger partial charge in [0.1, 0.15) is 0 Å². The fourth-order valence-electron chi connectivity index (χ4n) is 1.26. The smallest absolute Gasteiger partial charge is 0.262 e. The topological polar surface area (TPSA) is 41.1 Å². The van der Waals surface area contributed by atoms with Gasteiger partial charge in [-0.2, -0.15) is 0 Å². The fraction of sp³-hybridized carbons (Fsp3) is 0.100. The lowest BCUT2D eigenvalue weighted by atomic mass is 10.1. The fourth-order valence-corrected chi connectivity index (χ4v) is 1.52. The highest BCUT2D eigenvalue weighted by molar-refractivity contribution is 9.10. The normalized spacial score (nSPS) is 18.6. The Kier molecular flexibility index (Phi) is 2.65. The molecule has 1 fully saturated rings. The molecule has 0 radical (unpaired) electrons. The minimum Gasteiger partial charge on any atom is -0.287 e. The molecule has 0 aromatic heterocycles. The van der Waals surface area contributed by atoms with Crippen LogP contribution in [0, 0.1) is 0 Å².